The lowest BCUT2D eigenvalue weighted by molar-refractivity contribution is 0.0586. The second kappa shape index (κ2) is 9.33. The van der Waals surface area contributed by atoms with Gasteiger partial charge in [0.2, 0.25) is 11.7 Å². The van der Waals surface area contributed by atoms with E-state index in [4.69, 9.17) is 9.26 Å². The number of carbonyl (C=O) groups excluding carboxylic acids is 1. The van der Waals surface area contributed by atoms with Crippen molar-refractivity contribution in [3.05, 3.63) is 65.0 Å². The number of ether oxygens (including phenoxy) is 1. The van der Waals surface area contributed by atoms with Crippen molar-refractivity contribution in [2.75, 3.05) is 7.11 Å². The zero-order chi connectivity index (χ0) is 21.8. The van der Waals surface area contributed by atoms with E-state index in [1.807, 2.05) is 54.3 Å². The lowest BCUT2D eigenvalue weighted by atomic mass is 9.93. The summed E-state index contributed by atoms with van der Waals surface area (Å²) in [6.45, 7) is 4.41. The van der Waals surface area contributed by atoms with Gasteiger partial charge in [-0.2, -0.15) is 4.98 Å². The molecule has 1 amide bonds. The summed E-state index contributed by atoms with van der Waals surface area (Å²) in [5, 5.41) is 4.13. The molecule has 1 heterocycles. The van der Waals surface area contributed by atoms with Crippen molar-refractivity contribution in [1.82, 2.24) is 15.0 Å². The molecule has 0 radical (unpaired) electrons. The zero-order valence-electron chi connectivity index (χ0n) is 18.4. The summed E-state index contributed by atoms with van der Waals surface area (Å²) in [5.74, 6) is 1.77. The lowest BCUT2D eigenvalue weighted by Crippen LogP contribution is -2.41. The molecular formula is C25H29N3O3. The van der Waals surface area contributed by atoms with Gasteiger partial charge in [-0.15, -0.1) is 0 Å². The molecule has 31 heavy (non-hydrogen) atoms. The molecule has 3 aromatic rings. The van der Waals surface area contributed by atoms with Crippen LogP contribution in [0.25, 0.3) is 11.4 Å². The minimum atomic E-state index is 0.0270. The van der Waals surface area contributed by atoms with Crippen molar-refractivity contribution in [2.24, 2.45) is 0 Å². The molecule has 0 atom stereocenters. The molecular weight excluding hydrogens is 390 g/mol. The molecule has 0 aliphatic heterocycles. The van der Waals surface area contributed by atoms with Crippen LogP contribution in [0.2, 0.25) is 0 Å². The molecule has 0 bridgehead atoms. The van der Waals surface area contributed by atoms with Crippen molar-refractivity contribution < 1.29 is 14.1 Å². The van der Waals surface area contributed by atoms with Crippen LogP contribution < -0.4 is 4.74 Å². The standard InChI is InChI=1S/C25H29N3O3/c1-17-9-10-20(15-18(17)2)25(29)28(21-7-5-4-6-8-21)16-23-26-24(27-31-23)19-11-13-22(30-3)14-12-19/h9-15,21H,4-8,16H2,1-3H3. The van der Waals surface area contributed by atoms with Gasteiger partial charge in [0.1, 0.15) is 12.3 Å². The Morgan fingerprint density at radius 1 is 1.06 bits per heavy atom. The van der Waals surface area contributed by atoms with Crippen LogP contribution in [0.1, 0.15) is 59.5 Å². The topological polar surface area (TPSA) is 68.5 Å². The molecule has 0 N–H and O–H groups in total. The van der Waals surface area contributed by atoms with E-state index in [2.05, 4.69) is 17.1 Å². The van der Waals surface area contributed by atoms with E-state index < -0.39 is 0 Å². The summed E-state index contributed by atoms with van der Waals surface area (Å²) < 4.78 is 10.7. The summed E-state index contributed by atoms with van der Waals surface area (Å²) in [7, 11) is 1.63. The van der Waals surface area contributed by atoms with Gasteiger partial charge in [-0.05, 0) is 74.2 Å². The number of benzene rings is 2. The fourth-order valence-corrected chi connectivity index (χ4v) is 4.12. The summed E-state index contributed by atoms with van der Waals surface area (Å²) in [5.41, 5.74) is 3.86. The molecule has 1 saturated carbocycles. The molecule has 1 aliphatic rings. The average Bonchev–Trinajstić information content (AvgIpc) is 3.28. The normalized spacial score (nSPS) is 14.4. The van der Waals surface area contributed by atoms with Crippen molar-refractivity contribution in [1.29, 1.82) is 0 Å². The number of nitrogens with zero attached hydrogens (tertiary/aromatic N) is 3. The van der Waals surface area contributed by atoms with E-state index >= 15 is 0 Å². The first-order valence-electron chi connectivity index (χ1n) is 10.9. The van der Waals surface area contributed by atoms with Crippen molar-refractivity contribution in [2.45, 2.75) is 58.5 Å². The molecule has 4 rings (SSSR count). The lowest BCUT2D eigenvalue weighted by Gasteiger charge is -2.33. The molecule has 6 nitrogen and oxygen atoms in total. The third kappa shape index (κ3) is 4.79. The molecule has 1 fully saturated rings. The molecule has 0 saturated heterocycles. The molecule has 1 aromatic heterocycles. The highest BCUT2D eigenvalue weighted by molar-refractivity contribution is 5.94. The highest BCUT2D eigenvalue weighted by atomic mass is 16.5. The van der Waals surface area contributed by atoms with Crippen LogP contribution in [-0.4, -0.2) is 34.1 Å². The van der Waals surface area contributed by atoms with Crippen molar-refractivity contribution >= 4 is 5.91 Å². The Balaban J connectivity index is 1.58. The predicted molar refractivity (Wildman–Crippen MR) is 119 cm³/mol. The Morgan fingerprint density at radius 3 is 2.48 bits per heavy atom. The maximum atomic E-state index is 13.5. The molecule has 0 unspecified atom stereocenters. The Bertz CT molecular complexity index is 1040. The quantitative estimate of drug-likeness (QED) is 0.540. The van der Waals surface area contributed by atoms with Gasteiger partial charge in [0, 0.05) is 17.2 Å². The van der Waals surface area contributed by atoms with Crippen molar-refractivity contribution in [3.8, 4) is 17.1 Å². The smallest absolute Gasteiger partial charge is 0.254 e. The van der Waals surface area contributed by atoms with Gasteiger partial charge in [0.05, 0.1) is 7.11 Å². The fourth-order valence-electron chi connectivity index (χ4n) is 4.12. The Labute approximate surface area is 183 Å². The number of methoxy groups -OCH3 is 1. The van der Waals surface area contributed by atoms with Crippen LogP contribution in [0.15, 0.2) is 47.0 Å². The number of hydrogen-bond acceptors (Lipinski definition) is 5. The maximum absolute atomic E-state index is 13.5. The van der Waals surface area contributed by atoms with Gasteiger partial charge in [-0.1, -0.05) is 30.5 Å². The Morgan fingerprint density at radius 2 is 1.81 bits per heavy atom. The second-order valence-corrected chi connectivity index (χ2v) is 8.26. The maximum Gasteiger partial charge on any atom is 0.254 e. The molecule has 0 spiro atoms. The van der Waals surface area contributed by atoms with Crippen LogP contribution in [0.4, 0.5) is 0 Å². The third-order valence-electron chi connectivity index (χ3n) is 6.15. The van der Waals surface area contributed by atoms with E-state index in [0.29, 0.717) is 23.8 Å². The van der Waals surface area contributed by atoms with E-state index in [1.165, 1.54) is 12.0 Å². The summed E-state index contributed by atoms with van der Waals surface area (Å²) in [4.78, 5) is 20.0. The Hall–Kier alpha value is -3.15. The number of rotatable bonds is 6. The van der Waals surface area contributed by atoms with Gasteiger partial charge >= 0.3 is 0 Å². The zero-order valence-corrected chi connectivity index (χ0v) is 18.4. The fraction of sp³-hybridized carbons (Fsp3) is 0.400. The number of carbonyl (C=O) groups is 1. The van der Waals surface area contributed by atoms with Gasteiger partial charge in [-0.3, -0.25) is 4.79 Å². The van der Waals surface area contributed by atoms with Crippen LogP contribution in [0, 0.1) is 13.8 Å². The second-order valence-electron chi connectivity index (χ2n) is 8.26. The van der Waals surface area contributed by atoms with Crippen LogP contribution in [-0.2, 0) is 6.54 Å². The van der Waals surface area contributed by atoms with Crippen molar-refractivity contribution in [3.63, 3.8) is 0 Å². The van der Waals surface area contributed by atoms with Crippen LogP contribution >= 0.6 is 0 Å². The first kappa shape index (κ1) is 21.1. The van der Waals surface area contributed by atoms with E-state index in [0.717, 1.165) is 42.6 Å². The molecule has 162 valence electrons. The summed E-state index contributed by atoms with van der Waals surface area (Å²) in [6, 6.07) is 13.6. The predicted octanol–water partition coefficient (Wildman–Crippen LogP) is 5.34. The first-order chi connectivity index (χ1) is 15.0. The minimum Gasteiger partial charge on any atom is -0.497 e. The molecule has 1 aliphatic carbocycles. The third-order valence-corrected chi connectivity index (χ3v) is 6.15. The first-order valence-corrected chi connectivity index (χ1v) is 10.9. The van der Waals surface area contributed by atoms with Crippen LogP contribution in [0.3, 0.4) is 0 Å². The van der Waals surface area contributed by atoms with E-state index in [9.17, 15) is 4.79 Å². The Kier molecular flexibility index (Phi) is 6.35. The van der Waals surface area contributed by atoms with E-state index in [-0.39, 0.29) is 11.9 Å². The number of amides is 1. The number of aromatic nitrogens is 2. The summed E-state index contributed by atoms with van der Waals surface area (Å²) in [6.07, 6.45) is 5.53. The van der Waals surface area contributed by atoms with E-state index in [1.54, 1.807) is 7.11 Å². The largest absolute Gasteiger partial charge is 0.497 e. The van der Waals surface area contributed by atoms with Gasteiger partial charge in [0.25, 0.3) is 5.91 Å². The SMILES string of the molecule is COc1ccc(-c2noc(CN(C(=O)c3ccc(C)c(C)c3)C3CCCCC3)n2)cc1. The molecule has 6 heteroatoms. The summed E-state index contributed by atoms with van der Waals surface area (Å²) >= 11 is 0. The molecule has 2 aromatic carbocycles. The van der Waals surface area contributed by atoms with Gasteiger partial charge in [-0.25, -0.2) is 0 Å². The highest BCUT2D eigenvalue weighted by Crippen LogP contribution is 2.27. The van der Waals surface area contributed by atoms with Crippen LogP contribution in [0.5, 0.6) is 5.75 Å². The highest BCUT2D eigenvalue weighted by Gasteiger charge is 2.28. The average molecular weight is 420 g/mol. The van der Waals surface area contributed by atoms with Gasteiger partial charge < -0.3 is 14.2 Å². The number of aryl methyl sites for hydroxylation is 2. The van der Waals surface area contributed by atoms with Gasteiger partial charge in [0.15, 0.2) is 0 Å². The monoisotopic (exact) mass is 419 g/mol. The minimum absolute atomic E-state index is 0.0270. The number of hydrogen-bond donors (Lipinski definition) is 0.